The molecule has 0 saturated carbocycles. The minimum Gasteiger partial charge on any atom is -0.465 e. The zero-order chi connectivity index (χ0) is 15.8. The number of carboxylic acid groups (broad SMARTS) is 1. The van der Waals surface area contributed by atoms with Crippen molar-refractivity contribution in [1.29, 1.82) is 0 Å². The molecule has 6 nitrogen and oxygen atoms in total. The van der Waals surface area contributed by atoms with Crippen molar-refractivity contribution < 1.29 is 27.9 Å². The van der Waals surface area contributed by atoms with E-state index in [9.17, 15) is 22.8 Å². The normalized spacial score (nSPS) is 19.2. The third kappa shape index (κ3) is 3.07. The molecule has 1 unspecified atom stereocenters. The van der Waals surface area contributed by atoms with Crippen LogP contribution in [-0.2, 0) is 4.79 Å². The molecule has 9 heteroatoms. The number of alkyl halides is 3. The van der Waals surface area contributed by atoms with Crippen molar-refractivity contribution in [3.05, 3.63) is 24.3 Å². The lowest BCUT2D eigenvalue weighted by Gasteiger charge is -2.25. The molecule has 0 radical (unpaired) electrons. The van der Waals surface area contributed by atoms with E-state index >= 15 is 0 Å². The first-order valence-corrected chi connectivity index (χ1v) is 5.94. The zero-order valence-electron chi connectivity index (χ0n) is 10.7. The Hall–Kier alpha value is -2.29. The van der Waals surface area contributed by atoms with Crippen LogP contribution in [0, 0.1) is 0 Å². The van der Waals surface area contributed by atoms with Crippen LogP contribution in [0.3, 0.4) is 0 Å². The van der Waals surface area contributed by atoms with Crippen molar-refractivity contribution in [1.82, 2.24) is 0 Å². The lowest BCUT2D eigenvalue weighted by atomic mass is 10.2. The van der Waals surface area contributed by atoms with E-state index < -0.39 is 37.3 Å². The van der Waals surface area contributed by atoms with Gasteiger partial charge in [-0.2, -0.15) is 13.2 Å². The van der Waals surface area contributed by atoms with E-state index in [1.807, 2.05) is 0 Å². The van der Waals surface area contributed by atoms with E-state index in [0.29, 0.717) is 4.90 Å². The van der Waals surface area contributed by atoms with Crippen molar-refractivity contribution >= 4 is 23.4 Å². The number of nitrogens with zero attached hydrogens (tertiary/aromatic N) is 2. The van der Waals surface area contributed by atoms with Gasteiger partial charge in [-0.05, 0) is 12.1 Å². The minimum absolute atomic E-state index is 0.00412. The second-order valence-corrected chi connectivity index (χ2v) is 4.53. The smallest absolute Gasteiger partial charge is 0.411 e. The molecule has 2 amide bonds. The number of rotatable bonds is 1. The Morgan fingerprint density at radius 2 is 1.90 bits per heavy atom. The SMILES string of the molecule is NC1CN(C(=O)O)c2ccccc2N(CC(F)(F)F)C1=O. The van der Waals surface area contributed by atoms with Crippen LogP contribution in [0.1, 0.15) is 0 Å². The van der Waals surface area contributed by atoms with Crippen LogP contribution in [0.2, 0.25) is 0 Å². The highest BCUT2D eigenvalue weighted by Gasteiger charge is 2.40. The van der Waals surface area contributed by atoms with Crippen molar-refractivity contribution in [2.75, 3.05) is 22.9 Å². The van der Waals surface area contributed by atoms with Gasteiger partial charge in [0.1, 0.15) is 12.6 Å². The Morgan fingerprint density at radius 1 is 1.33 bits per heavy atom. The van der Waals surface area contributed by atoms with Crippen LogP contribution in [0.5, 0.6) is 0 Å². The topological polar surface area (TPSA) is 86.9 Å². The maximum atomic E-state index is 12.7. The summed E-state index contributed by atoms with van der Waals surface area (Å²) in [5.74, 6) is -0.969. The first-order chi connectivity index (χ1) is 9.70. The average Bonchev–Trinajstić information content (AvgIpc) is 2.48. The highest BCUT2D eigenvalue weighted by Crippen LogP contribution is 2.34. The monoisotopic (exact) mass is 303 g/mol. The quantitative estimate of drug-likeness (QED) is 0.821. The van der Waals surface area contributed by atoms with Gasteiger partial charge in [0.15, 0.2) is 0 Å². The lowest BCUT2D eigenvalue weighted by Crippen LogP contribution is -2.50. The number of anilines is 2. The fourth-order valence-corrected chi connectivity index (χ4v) is 2.14. The van der Waals surface area contributed by atoms with Crippen LogP contribution >= 0.6 is 0 Å². The Labute approximate surface area is 117 Å². The molecule has 0 spiro atoms. The van der Waals surface area contributed by atoms with Crippen LogP contribution in [-0.4, -0.2) is 42.4 Å². The van der Waals surface area contributed by atoms with Gasteiger partial charge in [0.25, 0.3) is 0 Å². The summed E-state index contributed by atoms with van der Waals surface area (Å²) in [6, 6.07) is 4.12. The van der Waals surface area contributed by atoms with Gasteiger partial charge >= 0.3 is 12.3 Å². The molecule has 1 aliphatic rings. The summed E-state index contributed by atoms with van der Waals surface area (Å²) < 4.78 is 38.0. The second kappa shape index (κ2) is 5.24. The molecule has 1 aliphatic heterocycles. The van der Waals surface area contributed by atoms with Gasteiger partial charge in [-0.15, -0.1) is 0 Å². The molecule has 114 valence electrons. The number of benzene rings is 1. The molecular formula is C12H12F3N3O3. The Balaban J connectivity index is 2.55. The summed E-state index contributed by atoms with van der Waals surface area (Å²) in [6.45, 7) is -1.93. The maximum absolute atomic E-state index is 12.7. The Bertz CT molecular complexity index is 576. The molecule has 3 N–H and O–H groups in total. The molecule has 21 heavy (non-hydrogen) atoms. The number of amides is 2. The van der Waals surface area contributed by atoms with E-state index in [4.69, 9.17) is 10.8 Å². The van der Waals surface area contributed by atoms with Crippen molar-refractivity contribution in [2.45, 2.75) is 12.2 Å². The highest BCUT2D eigenvalue weighted by molar-refractivity contribution is 6.05. The maximum Gasteiger partial charge on any atom is 0.411 e. The van der Waals surface area contributed by atoms with E-state index in [1.54, 1.807) is 0 Å². The predicted octanol–water partition coefficient (Wildman–Crippen LogP) is 1.41. The first-order valence-electron chi connectivity index (χ1n) is 5.94. The Kier molecular flexibility index (Phi) is 3.77. The third-order valence-electron chi connectivity index (χ3n) is 2.99. The van der Waals surface area contributed by atoms with Crippen molar-refractivity contribution in [3.63, 3.8) is 0 Å². The van der Waals surface area contributed by atoms with Crippen LogP contribution in [0.4, 0.5) is 29.3 Å². The van der Waals surface area contributed by atoms with Gasteiger partial charge < -0.3 is 10.8 Å². The molecule has 0 aromatic heterocycles. The van der Waals surface area contributed by atoms with Gasteiger partial charge in [0, 0.05) is 0 Å². The van der Waals surface area contributed by atoms with E-state index in [0.717, 1.165) is 4.90 Å². The van der Waals surface area contributed by atoms with Crippen molar-refractivity contribution in [2.24, 2.45) is 5.73 Å². The molecule has 1 atom stereocenters. The van der Waals surface area contributed by atoms with Gasteiger partial charge in [0.2, 0.25) is 5.91 Å². The fraction of sp³-hybridized carbons (Fsp3) is 0.333. The molecule has 0 fully saturated rings. The molecule has 2 rings (SSSR count). The summed E-state index contributed by atoms with van der Waals surface area (Å²) in [4.78, 5) is 24.5. The third-order valence-corrected chi connectivity index (χ3v) is 2.99. The average molecular weight is 303 g/mol. The van der Waals surface area contributed by atoms with Gasteiger partial charge in [-0.25, -0.2) is 4.79 Å². The highest BCUT2D eigenvalue weighted by atomic mass is 19.4. The number of hydrogen-bond donors (Lipinski definition) is 2. The summed E-state index contributed by atoms with van der Waals surface area (Å²) in [5.41, 5.74) is 5.40. The van der Waals surface area contributed by atoms with E-state index in [1.165, 1.54) is 24.3 Å². The van der Waals surface area contributed by atoms with E-state index in [2.05, 4.69) is 0 Å². The number of fused-ring (bicyclic) bond motifs is 1. The van der Waals surface area contributed by atoms with Crippen LogP contribution < -0.4 is 15.5 Å². The number of nitrogens with two attached hydrogens (primary N) is 1. The number of para-hydroxylation sites is 2. The minimum atomic E-state index is -4.62. The van der Waals surface area contributed by atoms with E-state index in [-0.39, 0.29) is 11.4 Å². The summed E-state index contributed by atoms with van der Waals surface area (Å²) >= 11 is 0. The molecule has 0 aliphatic carbocycles. The Morgan fingerprint density at radius 3 is 2.43 bits per heavy atom. The van der Waals surface area contributed by atoms with Crippen LogP contribution in [0.25, 0.3) is 0 Å². The molecule has 1 aromatic carbocycles. The second-order valence-electron chi connectivity index (χ2n) is 4.53. The lowest BCUT2D eigenvalue weighted by molar-refractivity contribution is -0.132. The van der Waals surface area contributed by atoms with Gasteiger partial charge in [-0.3, -0.25) is 14.6 Å². The summed E-state index contributed by atoms with van der Waals surface area (Å²) in [7, 11) is 0. The molecule has 0 saturated heterocycles. The predicted molar refractivity (Wildman–Crippen MR) is 68.2 cm³/mol. The fourth-order valence-electron chi connectivity index (χ4n) is 2.14. The number of halogens is 3. The van der Waals surface area contributed by atoms with Gasteiger partial charge in [-0.1, -0.05) is 12.1 Å². The molecule has 1 heterocycles. The summed E-state index contributed by atoms with van der Waals surface area (Å²) in [6.07, 6.45) is -6.01. The zero-order valence-corrected chi connectivity index (χ0v) is 10.7. The van der Waals surface area contributed by atoms with Gasteiger partial charge in [0.05, 0.1) is 17.9 Å². The van der Waals surface area contributed by atoms with Crippen LogP contribution in [0.15, 0.2) is 24.3 Å². The standard InChI is InChI=1S/C12H12F3N3O3/c13-12(14,15)6-18-9-4-2-1-3-8(9)17(11(20)21)5-7(16)10(18)19/h1-4,7H,5-6,16H2,(H,20,21). The number of carbonyl (C=O) groups is 2. The largest absolute Gasteiger partial charge is 0.465 e. The molecule has 1 aromatic rings. The van der Waals surface area contributed by atoms with Crippen molar-refractivity contribution in [3.8, 4) is 0 Å². The molecular weight excluding hydrogens is 291 g/mol. The molecule has 0 bridgehead atoms. The number of carbonyl (C=O) groups excluding carboxylic acids is 1. The number of hydrogen-bond acceptors (Lipinski definition) is 3. The summed E-state index contributed by atoms with van der Waals surface area (Å²) in [5, 5.41) is 9.15. The first kappa shape index (κ1) is 15.1.